The molecule has 4 nitrogen and oxygen atoms in total. The van der Waals surface area contributed by atoms with E-state index in [0.29, 0.717) is 13.1 Å². The number of hydrogen-bond donors (Lipinski definition) is 3. The highest BCUT2D eigenvalue weighted by molar-refractivity contribution is 5.16. The van der Waals surface area contributed by atoms with Gasteiger partial charge in [0.15, 0.2) is 0 Å². The largest absolute Gasteiger partial charge is 0.313 e. The second kappa shape index (κ2) is 8.38. The molecule has 0 aliphatic heterocycles. The quantitative estimate of drug-likeness (QED) is 0.568. The molecule has 0 unspecified atom stereocenters. The van der Waals surface area contributed by atoms with Crippen LogP contribution >= 0.6 is 0 Å². The SMILES string of the molecule is NN.ON(Cc1ccccc1)Cc1ccccc1. The third kappa shape index (κ3) is 5.07. The maximum absolute atomic E-state index is 9.79. The summed E-state index contributed by atoms with van der Waals surface area (Å²) in [6.45, 7) is 1.10. The van der Waals surface area contributed by atoms with E-state index in [1.807, 2.05) is 60.7 Å². The minimum Gasteiger partial charge on any atom is -0.313 e. The van der Waals surface area contributed by atoms with Crippen LogP contribution in [0.2, 0.25) is 0 Å². The Labute approximate surface area is 107 Å². The molecule has 0 heterocycles. The molecule has 0 atom stereocenters. The van der Waals surface area contributed by atoms with Gasteiger partial charge in [0.2, 0.25) is 0 Å². The summed E-state index contributed by atoms with van der Waals surface area (Å²) in [4.78, 5) is 0. The van der Waals surface area contributed by atoms with Crippen molar-refractivity contribution in [3.63, 3.8) is 0 Å². The molecule has 0 saturated heterocycles. The minimum atomic E-state index is 0.551. The van der Waals surface area contributed by atoms with Gasteiger partial charge in [-0.15, -0.1) is 0 Å². The summed E-state index contributed by atoms with van der Waals surface area (Å²) in [5.74, 6) is 8.00. The fraction of sp³-hybridized carbons (Fsp3) is 0.143. The topological polar surface area (TPSA) is 75.5 Å². The number of benzene rings is 2. The van der Waals surface area contributed by atoms with Crippen molar-refractivity contribution in [2.24, 2.45) is 11.7 Å². The first-order chi connectivity index (χ1) is 8.84. The molecule has 0 aromatic heterocycles. The van der Waals surface area contributed by atoms with Crippen molar-refractivity contribution in [3.8, 4) is 0 Å². The molecular formula is C14H19N3O. The van der Waals surface area contributed by atoms with Crippen LogP contribution < -0.4 is 11.7 Å². The summed E-state index contributed by atoms with van der Waals surface area (Å²) in [6, 6.07) is 19.9. The number of hydrogen-bond acceptors (Lipinski definition) is 4. The normalized spacial score (nSPS) is 9.78. The standard InChI is InChI=1S/C14H15NO.H4N2/c16-15(11-13-7-3-1-4-8-13)12-14-9-5-2-6-10-14;1-2/h1-10,16H,11-12H2;1-2H2. The van der Waals surface area contributed by atoms with Crippen molar-refractivity contribution >= 4 is 0 Å². The summed E-state index contributed by atoms with van der Waals surface area (Å²) in [6.07, 6.45) is 0. The van der Waals surface area contributed by atoms with E-state index >= 15 is 0 Å². The Kier molecular flexibility index (Phi) is 6.68. The lowest BCUT2D eigenvalue weighted by atomic mass is 10.2. The van der Waals surface area contributed by atoms with Crippen molar-refractivity contribution < 1.29 is 5.21 Å². The van der Waals surface area contributed by atoms with E-state index in [9.17, 15) is 5.21 Å². The van der Waals surface area contributed by atoms with Gasteiger partial charge in [-0.25, -0.2) is 0 Å². The molecule has 2 rings (SSSR count). The number of nitrogens with zero attached hydrogens (tertiary/aromatic N) is 1. The molecule has 2 aromatic carbocycles. The molecule has 0 spiro atoms. The molecule has 96 valence electrons. The van der Waals surface area contributed by atoms with Gasteiger partial charge in [-0.1, -0.05) is 60.7 Å². The van der Waals surface area contributed by atoms with Crippen molar-refractivity contribution in [1.29, 1.82) is 0 Å². The predicted molar refractivity (Wildman–Crippen MR) is 72.3 cm³/mol. The summed E-state index contributed by atoms with van der Waals surface area (Å²) in [7, 11) is 0. The molecule has 4 heteroatoms. The Morgan fingerprint density at radius 3 is 1.39 bits per heavy atom. The van der Waals surface area contributed by atoms with Gasteiger partial charge in [0.05, 0.1) is 0 Å². The molecule has 0 bridgehead atoms. The number of rotatable bonds is 4. The van der Waals surface area contributed by atoms with Crippen LogP contribution in [0.15, 0.2) is 60.7 Å². The smallest absolute Gasteiger partial charge is 0.0492 e. The molecule has 0 aliphatic rings. The second-order valence-electron chi connectivity index (χ2n) is 3.79. The van der Waals surface area contributed by atoms with E-state index in [1.54, 1.807) is 0 Å². The maximum atomic E-state index is 9.79. The first kappa shape index (κ1) is 14.3. The lowest BCUT2D eigenvalue weighted by Gasteiger charge is -2.14. The lowest BCUT2D eigenvalue weighted by molar-refractivity contribution is -0.108. The van der Waals surface area contributed by atoms with Gasteiger partial charge in [0.25, 0.3) is 0 Å². The fourth-order valence-corrected chi connectivity index (χ4v) is 1.64. The van der Waals surface area contributed by atoms with E-state index in [0.717, 1.165) is 11.1 Å². The average molecular weight is 245 g/mol. The summed E-state index contributed by atoms with van der Waals surface area (Å²) >= 11 is 0. The number of hydrazine groups is 1. The summed E-state index contributed by atoms with van der Waals surface area (Å²) in [5, 5.41) is 11.1. The van der Waals surface area contributed by atoms with Crippen LogP contribution in [0.1, 0.15) is 11.1 Å². The van der Waals surface area contributed by atoms with E-state index in [-0.39, 0.29) is 0 Å². The van der Waals surface area contributed by atoms with E-state index in [2.05, 4.69) is 11.7 Å². The third-order valence-electron chi connectivity index (χ3n) is 2.42. The van der Waals surface area contributed by atoms with Gasteiger partial charge in [0.1, 0.15) is 0 Å². The molecular weight excluding hydrogens is 226 g/mol. The summed E-state index contributed by atoms with van der Waals surface area (Å²) < 4.78 is 0. The first-order valence-corrected chi connectivity index (χ1v) is 5.69. The molecule has 0 aliphatic carbocycles. The van der Waals surface area contributed by atoms with Crippen LogP contribution in [0.3, 0.4) is 0 Å². The zero-order chi connectivity index (χ0) is 13.2. The Morgan fingerprint density at radius 2 is 1.06 bits per heavy atom. The Hall–Kier alpha value is -1.72. The van der Waals surface area contributed by atoms with Crippen molar-refractivity contribution in [2.75, 3.05) is 0 Å². The average Bonchev–Trinajstić information content (AvgIpc) is 2.43. The third-order valence-corrected chi connectivity index (χ3v) is 2.42. The lowest BCUT2D eigenvalue weighted by Crippen LogP contribution is -2.17. The zero-order valence-electron chi connectivity index (χ0n) is 10.2. The van der Waals surface area contributed by atoms with Gasteiger partial charge < -0.3 is 5.21 Å². The monoisotopic (exact) mass is 245 g/mol. The molecule has 18 heavy (non-hydrogen) atoms. The number of nitrogens with two attached hydrogens (primary N) is 2. The number of hydroxylamine groups is 2. The summed E-state index contributed by atoms with van der Waals surface area (Å²) in [5.41, 5.74) is 2.22. The van der Waals surface area contributed by atoms with Gasteiger partial charge in [-0.3, -0.25) is 11.7 Å². The Bertz CT molecular complexity index is 378. The Balaban J connectivity index is 0.000000771. The molecule has 0 saturated carbocycles. The Morgan fingerprint density at radius 1 is 0.722 bits per heavy atom. The van der Waals surface area contributed by atoms with Crippen LogP contribution in [0, 0.1) is 0 Å². The minimum absolute atomic E-state index is 0.551. The van der Waals surface area contributed by atoms with Crippen molar-refractivity contribution in [2.45, 2.75) is 13.1 Å². The van der Waals surface area contributed by atoms with Gasteiger partial charge >= 0.3 is 0 Å². The van der Waals surface area contributed by atoms with Crippen LogP contribution in [0.4, 0.5) is 0 Å². The van der Waals surface area contributed by atoms with Crippen LogP contribution in [-0.4, -0.2) is 10.3 Å². The van der Waals surface area contributed by atoms with Gasteiger partial charge in [-0.2, -0.15) is 5.06 Å². The van der Waals surface area contributed by atoms with E-state index in [1.165, 1.54) is 5.06 Å². The molecule has 0 radical (unpaired) electrons. The van der Waals surface area contributed by atoms with E-state index < -0.39 is 0 Å². The van der Waals surface area contributed by atoms with Gasteiger partial charge in [-0.05, 0) is 11.1 Å². The van der Waals surface area contributed by atoms with Crippen molar-refractivity contribution in [3.05, 3.63) is 71.8 Å². The maximum Gasteiger partial charge on any atom is 0.0492 e. The molecule has 0 amide bonds. The van der Waals surface area contributed by atoms with E-state index in [4.69, 9.17) is 0 Å². The second-order valence-corrected chi connectivity index (χ2v) is 3.79. The highest BCUT2D eigenvalue weighted by atomic mass is 16.5. The van der Waals surface area contributed by atoms with Crippen molar-refractivity contribution in [1.82, 2.24) is 5.06 Å². The van der Waals surface area contributed by atoms with Crippen LogP contribution in [0.25, 0.3) is 0 Å². The highest BCUT2D eigenvalue weighted by Crippen LogP contribution is 2.07. The van der Waals surface area contributed by atoms with Gasteiger partial charge in [0, 0.05) is 13.1 Å². The fourth-order valence-electron chi connectivity index (χ4n) is 1.64. The zero-order valence-corrected chi connectivity index (χ0v) is 10.2. The van der Waals surface area contributed by atoms with Crippen LogP contribution in [-0.2, 0) is 13.1 Å². The first-order valence-electron chi connectivity index (χ1n) is 5.69. The van der Waals surface area contributed by atoms with Crippen LogP contribution in [0.5, 0.6) is 0 Å². The molecule has 0 fully saturated rings. The molecule has 2 aromatic rings. The highest BCUT2D eigenvalue weighted by Gasteiger charge is 2.02. The molecule has 5 N–H and O–H groups in total. The predicted octanol–water partition coefficient (Wildman–Crippen LogP) is 1.90.